The molecule has 0 saturated heterocycles. The van der Waals surface area contributed by atoms with Gasteiger partial charge in [-0.1, -0.05) is 44.2 Å². The molecule has 0 radical (unpaired) electrons. The highest BCUT2D eigenvalue weighted by Crippen LogP contribution is 2.23. The number of hydrogen-bond acceptors (Lipinski definition) is 2. The zero-order chi connectivity index (χ0) is 15.1. The quantitative estimate of drug-likeness (QED) is 0.768. The van der Waals surface area contributed by atoms with Gasteiger partial charge in [0.2, 0.25) is 0 Å². The third-order valence-electron chi connectivity index (χ3n) is 3.66. The molecule has 1 heterocycles. The average Bonchev–Trinajstić information content (AvgIpc) is 2.85. The molecule has 0 aliphatic heterocycles. The Balaban J connectivity index is 2.07. The van der Waals surface area contributed by atoms with Crippen molar-refractivity contribution in [2.75, 3.05) is 6.54 Å². The highest BCUT2D eigenvalue weighted by atomic mass is 79.9. The fraction of sp³-hybridized carbons (Fsp3) is 0.471. The van der Waals surface area contributed by atoms with E-state index in [-0.39, 0.29) is 0 Å². The van der Waals surface area contributed by atoms with Crippen molar-refractivity contribution in [2.45, 2.75) is 45.7 Å². The van der Waals surface area contributed by atoms with Crippen molar-refractivity contribution >= 4 is 15.9 Å². The molecule has 0 fully saturated rings. The van der Waals surface area contributed by atoms with Crippen LogP contribution in [0.2, 0.25) is 0 Å². The van der Waals surface area contributed by atoms with Gasteiger partial charge in [-0.25, -0.2) is 0 Å². The lowest BCUT2D eigenvalue weighted by atomic mass is 10.0. The Hall–Kier alpha value is -1.13. The lowest BCUT2D eigenvalue weighted by molar-refractivity contribution is 0.494. The Labute approximate surface area is 135 Å². The van der Waals surface area contributed by atoms with Crippen molar-refractivity contribution in [3.63, 3.8) is 0 Å². The van der Waals surface area contributed by atoms with Gasteiger partial charge >= 0.3 is 0 Å². The van der Waals surface area contributed by atoms with Crippen LogP contribution in [0.5, 0.6) is 0 Å². The lowest BCUT2D eigenvalue weighted by Gasteiger charge is -2.19. The molecular formula is C17H24BrN3. The summed E-state index contributed by atoms with van der Waals surface area (Å²) in [5.74, 6) is 0. The smallest absolute Gasteiger partial charge is 0.0635 e. The van der Waals surface area contributed by atoms with Crippen LogP contribution in [0.3, 0.4) is 0 Å². The molecule has 0 amide bonds. The lowest BCUT2D eigenvalue weighted by Crippen LogP contribution is -2.22. The molecule has 1 N–H and O–H groups in total. The zero-order valence-electron chi connectivity index (χ0n) is 12.8. The Morgan fingerprint density at radius 3 is 2.67 bits per heavy atom. The van der Waals surface area contributed by atoms with Crippen molar-refractivity contribution in [2.24, 2.45) is 0 Å². The van der Waals surface area contributed by atoms with Gasteiger partial charge in [0, 0.05) is 12.6 Å². The van der Waals surface area contributed by atoms with E-state index in [0.29, 0.717) is 6.04 Å². The maximum absolute atomic E-state index is 4.45. The normalized spacial score (nSPS) is 12.5. The first kappa shape index (κ1) is 16.2. The fourth-order valence-corrected chi connectivity index (χ4v) is 3.13. The largest absolute Gasteiger partial charge is 0.310 e. The number of aromatic nitrogens is 2. The number of hydrogen-bond donors (Lipinski definition) is 1. The Morgan fingerprint density at radius 1 is 1.24 bits per heavy atom. The summed E-state index contributed by atoms with van der Waals surface area (Å²) in [5.41, 5.74) is 2.66. The molecule has 1 aromatic heterocycles. The third-order valence-corrected chi connectivity index (χ3v) is 4.32. The number of halogens is 1. The molecule has 0 saturated carbocycles. The van der Waals surface area contributed by atoms with Gasteiger partial charge in [0.25, 0.3) is 0 Å². The van der Waals surface area contributed by atoms with E-state index in [1.807, 2.05) is 6.20 Å². The van der Waals surface area contributed by atoms with Gasteiger partial charge < -0.3 is 5.32 Å². The van der Waals surface area contributed by atoms with E-state index in [2.05, 4.69) is 75.2 Å². The second kappa shape index (κ2) is 8.35. The minimum Gasteiger partial charge on any atom is -0.310 e. The molecule has 1 aromatic carbocycles. The van der Waals surface area contributed by atoms with Crippen LogP contribution < -0.4 is 5.32 Å². The van der Waals surface area contributed by atoms with Crippen molar-refractivity contribution in [1.82, 2.24) is 15.1 Å². The Kier molecular flexibility index (Phi) is 6.46. The first-order chi connectivity index (χ1) is 10.3. The molecule has 1 unspecified atom stereocenters. The van der Waals surface area contributed by atoms with Crippen LogP contribution in [0, 0.1) is 0 Å². The molecule has 114 valence electrons. The zero-order valence-corrected chi connectivity index (χ0v) is 14.4. The van der Waals surface area contributed by atoms with Crippen molar-refractivity contribution < 1.29 is 0 Å². The summed E-state index contributed by atoms with van der Waals surface area (Å²) in [4.78, 5) is 0. The van der Waals surface area contributed by atoms with Gasteiger partial charge in [-0.2, -0.15) is 5.10 Å². The fourth-order valence-electron chi connectivity index (χ4n) is 2.64. The van der Waals surface area contributed by atoms with Crippen molar-refractivity contribution in [3.8, 4) is 0 Å². The summed E-state index contributed by atoms with van der Waals surface area (Å²) in [6.07, 6.45) is 5.12. The first-order valence-corrected chi connectivity index (χ1v) is 8.54. The topological polar surface area (TPSA) is 29.9 Å². The SMILES string of the molecule is CCCn1ncc(Br)c1CCC(NCC)c1ccccc1. The summed E-state index contributed by atoms with van der Waals surface area (Å²) in [7, 11) is 0. The average molecular weight is 350 g/mol. The van der Waals surface area contributed by atoms with Crippen LogP contribution in [-0.2, 0) is 13.0 Å². The number of nitrogens with zero attached hydrogens (tertiary/aromatic N) is 2. The van der Waals surface area contributed by atoms with E-state index in [4.69, 9.17) is 0 Å². The molecular weight excluding hydrogens is 326 g/mol. The summed E-state index contributed by atoms with van der Waals surface area (Å²) >= 11 is 3.63. The van der Waals surface area contributed by atoms with Gasteiger partial charge in [0.05, 0.1) is 16.4 Å². The maximum atomic E-state index is 4.45. The van der Waals surface area contributed by atoms with E-state index < -0.39 is 0 Å². The predicted octanol–water partition coefficient (Wildman–Crippen LogP) is 4.34. The standard InChI is InChI=1S/C17H24BrN3/c1-3-12-21-17(15(18)13-20-21)11-10-16(19-4-2)14-8-6-5-7-9-14/h5-9,13,16,19H,3-4,10-12H2,1-2H3. The molecule has 1 atom stereocenters. The number of nitrogens with one attached hydrogen (secondary N) is 1. The molecule has 2 rings (SSSR count). The van der Waals surface area contributed by atoms with Crippen LogP contribution in [0.15, 0.2) is 41.0 Å². The second-order valence-corrected chi connectivity index (χ2v) is 6.08. The van der Waals surface area contributed by atoms with Gasteiger partial charge in [-0.3, -0.25) is 4.68 Å². The van der Waals surface area contributed by atoms with E-state index >= 15 is 0 Å². The van der Waals surface area contributed by atoms with Crippen LogP contribution in [0.4, 0.5) is 0 Å². The van der Waals surface area contributed by atoms with Crippen LogP contribution >= 0.6 is 15.9 Å². The van der Waals surface area contributed by atoms with E-state index in [9.17, 15) is 0 Å². The van der Waals surface area contributed by atoms with Gasteiger partial charge in [0.15, 0.2) is 0 Å². The van der Waals surface area contributed by atoms with Crippen molar-refractivity contribution in [1.29, 1.82) is 0 Å². The number of aryl methyl sites for hydroxylation is 1. The first-order valence-electron chi connectivity index (χ1n) is 7.74. The minimum absolute atomic E-state index is 0.396. The van der Waals surface area contributed by atoms with Gasteiger partial charge in [0.1, 0.15) is 0 Å². The molecule has 4 heteroatoms. The summed E-state index contributed by atoms with van der Waals surface area (Å²) in [6, 6.07) is 11.1. The highest BCUT2D eigenvalue weighted by Gasteiger charge is 2.14. The van der Waals surface area contributed by atoms with E-state index in [1.54, 1.807) is 0 Å². The Bertz CT molecular complexity index is 536. The third kappa shape index (κ3) is 4.42. The van der Waals surface area contributed by atoms with E-state index in [1.165, 1.54) is 11.3 Å². The minimum atomic E-state index is 0.396. The van der Waals surface area contributed by atoms with Gasteiger partial charge in [-0.15, -0.1) is 0 Å². The van der Waals surface area contributed by atoms with Crippen LogP contribution in [0.25, 0.3) is 0 Å². The number of rotatable bonds is 8. The highest BCUT2D eigenvalue weighted by molar-refractivity contribution is 9.10. The van der Waals surface area contributed by atoms with Crippen LogP contribution in [-0.4, -0.2) is 16.3 Å². The van der Waals surface area contributed by atoms with Crippen molar-refractivity contribution in [3.05, 3.63) is 52.3 Å². The van der Waals surface area contributed by atoms with E-state index in [0.717, 1.165) is 36.8 Å². The summed E-state index contributed by atoms with van der Waals surface area (Å²) in [5, 5.41) is 8.04. The summed E-state index contributed by atoms with van der Waals surface area (Å²) < 4.78 is 3.25. The molecule has 0 spiro atoms. The summed E-state index contributed by atoms with van der Waals surface area (Å²) in [6.45, 7) is 6.31. The molecule has 3 nitrogen and oxygen atoms in total. The number of benzene rings is 1. The molecule has 21 heavy (non-hydrogen) atoms. The molecule has 0 aliphatic rings. The van der Waals surface area contributed by atoms with Crippen LogP contribution in [0.1, 0.15) is 44.0 Å². The molecule has 2 aromatic rings. The van der Waals surface area contributed by atoms with Gasteiger partial charge in [-0.05, 0) is 47.3 Å². The maximum Gasteiger partial charge on any atom is 0.0635 e. The predicted molar refractivity (Wildman–Crippen MR) is 91.4 cm³/mol. The monoisotopic (exact) mass is 349 g/mol. The molecule has 0 aliphatic carbocycles. The second-order valence-electron chi connectivity index (χ2n) is 5.22. The Morgan fingerprint density at radius 2 is 2.00 bits per heavy atom. The molecule has 0 bridgehead atoms.